The minimum Gasteiger partial charge on any atom is -0.397 e. The Morgan fingerprint density at radius 1 is 1.47 bits per heavy atom. The van der Waals surface area contributed by atoms with Gasteiger partial charge in [-0.2, -0.15) is 13.2 Å². The number of hydrogen-bond donors (Lipinski definition) is 1. The summed E-state index contributed by atoms with van der Waals surface area (Å²) in [6, 6.07) is 3.26. The van der Waals surface area contributed by atoms with Crippen LogP contribution in [-0.2, 0) is 6.54 Å². The van der Waals surface area contributed by atoms with Gasteiger partial charge in [-0.1, -0.05) is 0 Å². The van der Waals surface area contributed by atoms with E-state index in [0.717, 1.165) is 4.90 Å². The molecule has 0 radical (unpaired) electrons. The van der Waals surface area contributed by atoms with Crippen LogP contribution in [-0.4, -0.2) is 29.7 Å². The highest BCUT2D eigenvalue weighted by Gasteiger charge is 2.29. The van der Waals surface area contributed by atoms with Crippen LogP contribution < -0.4 is 5.73 Å². The summed E-state index contributed by atoms with van der Waals surface area (Å²) in [6.45, 7) is -0.880. The first kappa shape index (κ1) is 11.8. The van der Waals surface area contributed by atoms with E-state index in [1.54, 1.807) is 12.1 Å². The van der Waals surface area contributed by atoms with Crippen LogP contribution in [0.3, 0.4) is 0 Å². The molecule has 0 aliphatic rings. The fourth-order valence-corrected chi connectivity index (χ4v) is 1.20. The standard InChI is InChI=1S/C9H12F3N3/c1-15(6-9(10,11)12)5-8-7(13)3-2-4-14-8/h2-4H,5-6,13H2,1H3. The molecule has 1 aromatic heterocycles. The van der Waals surface area contributed by atoms with E-state index in [1.165, 1.54) is 13.2 Å². The number of nitrogens with two attached hydrogens (primary N) is 1. The quantitative estimate of drug-likeness (QED) is 0.840. The van der Waals surface area contributed by atoms with Gasteiger partial charge < -0.3 is 5.73 Å². The van der Waals surface area contributed by atoms with Gasteiger partial charge in [-0.25, -0.2) is 0 Å². The van der Waals surface area contributed by atoms with Crippen molar-refractivity contribution in [2.45, 2.75) is 12.7 Å². The third-order valence-corrected chi connectivity index (χ3v) is 1.79. The summed E-state index contributed by atoms with van der Waals surface area (Å²) >= 11 is 0. The summed E-state index contributed by atoms with van der Waals surface area (Å²) in [5.74, 6) is 0. The zero-order chi connectivity index (χ0) is 11.5. The van der Waals surface area contributed by atoms with Crippen molar-refractivity contribution in [2.24, 2.45) is 0 Å². The maximum atomic E-state index is 12.0. The third kappa shape index (κ3) is 4.16. The van der Waals surface area contributed by atoms with Crippen molar-refractivity contribution < 1.29 is 13.2 Å². The van der Waals surface area contributed by atoms with Crippen LogP contribution in [0.15, 0.2) is 18.3 Å². The molecule has 2 N–H and O–H groups in total. The molecular weight excluding hydrogens is 207 g/mol. The van der Waals surface area contributed by atoms with Gasteiger partial charge in [-0.15, -0.1) is 0 Å². The predicted molar refractivity (Wildman–Crippen MR) is 51.0 cm³/mol. The summed E-state index contributed by atoms with van der Waals surface area (Å²) in [5, 5.41) is 0. The molecule has 0 saturated carbocycles. The summed E-state index contributed by atoms with van der Waals surface area (Å²) in [4.78, 5) is 5.04. The van der Waals surface area contributed by atoms with Gasteiger partial charge >= 0.3 is 6.18 Å². The second kappa shape index (κ2) is 4.48. The maximum Gasteiger partial charge on any atom is 0.401 e. The van der Waals surface area contributed by atoms with E-state index in [2.05, 4.69) is 4.98 Å². The average molecular weight is 219 g/mol. The van der Waals surface area contributed by atoms with Crippen LogP contribution in [0.5, 0.6) is 0 Å². The third-order valence-electron chi connectivity index (χ3n) is 1.79. The van der Waals surface area contributed by atoms with Gasteiger partial charge in [0.05, 0.1) is 17.9 Å². The zero-order valence-electron chi connectivity index (χ0n) is 8.25. The van der Waals surface area contributed by atoms with Crippen molar-refractivity contribution in [1.29, 1.82) is 0 Å². The van der Waals surface area contributed by atoms with Crippen molar-refractivity contribution in [3.63, 3.8) is 0 Å². The first-order valence-corrected chi connectivity index (χ1v) is 4.33. The summed E-state index contributed by atoms with van der Waals surface area (Å²) in [5.41, 5.74) is 6.43. The summed E-state index contributed by atoms with van der Waals surface area (Å²) in [7, 11) is 1.38. The van der Waals surface area contributed by atoms with Crippen LogP contribution in [0, 0.1) is 0 Å². The summed E-state index contributed by atoms with van der Waals surface area (Å²) in [6.07, 6.45) is -2.69. The van der Waals surface area contributed by atoms with Crippen LogP contribution >= 0.6 is 0 Å². The lowest BCUT2D eigenvalue weighted by Crippen LogP contribution is -2.31. The Bertz CT molecular complexity index is 325. The van der Waals surface area contributed by atoms with Gasteiger partial charge in [-0.3, -0.25) is 9.88 Å². The highest BCUT2D eigenvalue weighted by atomic mass is 19.4. The van der Waals surface area contributed by atoms with E-state index in [0.29, 0.717) is 11.4 Å². The molecule has 3 nitrogen and oxygen atoms in total. The van der Waals surface area contributed by atoms with Crippen LogP contribution in [0.1, 0.15) is 5.69 Å². The largest absolute Gasteiger partial charge is 0.401 e. The molecule has 0 unspecified atom stereocenters. The maximum absolute atomic E-state index is 12.0. The number of nitrogen functional groups attached to an aromatic ring is 1. The van der Waals surface area contributed by atoms with Gasteiger partial charge in [0.15, 0.2) is 0 Å². The van der Waals surface area contributed by atoms with E-state index in [4.69, 9.17) is 5.73 Å². The monoisotopic (exact) mass is 219 g/mol. The van der Waals surface area contributed by atoms with Gasteiger partial charge in [0, 0.05) is 12.7 Å². The Morgan fingerprint density at radius 3 is 2.67 bits per heavy atom. The van der Waals surface area contributed by atoms with Crippen molar-refractivity contribution in [1.82, 2.24) is 9.88 Å². The molecule has 0 atom stereocenters. The molecule has 0 aromatic carbocycles. The number of anilines is 1. The Morgan fingerprint density at radius 2 is 2.13 bits per heavy atom. The molecule has 0 aliphatic heterocycles. The van der Waals surface area contributed by atoms with E-state index in [-0.39, 0.29) is 6.54 Å². The Balaban J connectivity index is 2.59. The normalized spacial score (nSPS) is 12.1. The molecule has 15 heavy (non-hydrogen) atoms. The highest BCUT2D eigenvalue weighted by molar-refractivity contribution is 5.41. The van der Waals surface area contributed by atoms with Gasteiger partial charge in [0.2, 0.25) is 0 Å². The molecule has 84 valence electrons. The van der Waals surface area contributed by atoms with Crippen LogP contribution in [0.25, 0.3) is 0 Å². The van der Waals surface area contributed by atoms with E-state index >= 15 is 0 Å². The van der Waals surface area contributed by atoms with Crippen molar-refractivity contribution in [2.75, 3.05) is 19.3 Å². The molecule has 1 rings (SSSR count). The zero-order valence-corrected chi connectivity index (χ0v) is 8.25. The molecule has 0 saturated heterocycles. The number of pyridine rings is 1. The number of rotatable bonds is 3. The molecule has 0 spiro atoms. The fraction of sp³-hybridized carbons (Fsp3) is 0.444. The smallest absolute Gasteiger partial charge is 0.397 e. The first-order valence-electron chi connectivity index (χ1n) is 4.33. The lowest BCUT2D eigenvalue weighted by molar-refractivity contribution is -0.144. The Hall–Kier alpha value is -1.30. The average Bonchev–Trinajstić information content (AvgIpc) is 2.05. The minimum atomic E-state index is -4.20. The van der Waals surface area contributed by atoms with Gasteiger partial charge in [0.25, 0.3) is 0 Å². The molecule has 1 aromatic rings. The Labute approximate surface area is 85.7 Å². The molecule has 0 bridgehead atoms. The van der Waals surface area contributed by atoms with Crippen LogP contribution in [0.4, 0.5) is 18.9 Å². The van der Waals surface area contributed by atoms with Gasteiger partial charge in [0.1, 0.15) is 0 Å². The van der Waals surface area contributed by atoms with E-state index in [1.807, 2.05) is 0 Å². The molecule has 0 aliphatic carbocycles. The van der Waals surface area contributed by atoms with Crippen molar-refractivity contribution >= 4 is 5.69 Å². The number of alkyl halides is 3. The number of nitrogens with zero attached hydrogens (tertiary/aromatic N) is 2. The SMILES string of the molecule is CN(Cc1ncccc1N)CC(F)(F)F. The number of hydrogen-bond acceptors (Lipinski definition) is 3. The number of halogens is 3. The second-order valence-corrected chi connectivity index (χ2v) is 3.33. The summed E-state index contributed by atoms with van der Waals surface area (Å²) < 4.78 is 36.0. The molecule has 0 amide bonds. The van der Waals surface area contributed by atoms with Crippen LogP contribution in [0.2, 0.25) is 0 Å². The minimum absolute atomic E-state index is 0.0895. The topological polar surface area (TPSA) is 42.2 Å². The van der Waals surface area contributed by atoms with E-state index in [9.17, 15) is 13.2 Å². The molecule has 0 fully saturated rings. The van der Waals surface area contributed by atoms with Crippen molar-refractivity contribution in [3.05, 3.63) is 24.0 Å². The second-order valence-electron chi connectivity index (χ2n) is 3.33. The fourth-order valence-electron chi connectivity index (χ4n) is 1.20. The molecular formula is C9H12F3N3. The molecule has 1 heterocycles. The molecule has 6 heteroatoms. The first-order chi connectivity index (χ1) is 6.88. The Kier molecular flexibility index (Phi) is 3.52. The van der Waals surface area contributed by atoms with Crippen molar-refractivity contribution in [3.8, 4) is 0 Å². The highest BCUT2D eigenvalue weighted by Crippen LogP contribution is 2.17. The lowest BCUT2D eigenvalue weighted by atomic mass is 10.3. The lowest BCUT2D eigenvalue weighted by Gasteiger charge is -2.18. The van der Waals surface area contributed by atoms with Gasteiger partial charge in [-0.05, 0) is 19.2 Å². The number of aromatic nitrogens is 1. The predicted octanol–water partition coefficient (Wildman–Crippen LogP) is 1.66. The van der Waals surface area contributed by atoms with E-state index < -0.39 is 12.7 Å².